The van der Waals surface area contributed by atoms with E-state index in [-0.39, 0.29) is 0 Å². The van der Waals surface area contributed by atoms with E-state index in [1.165, 1.54) is 44.7 Å². The van der Waals surface area contributed by atoms with Crippen molar-refractivity contribution in [2.24, 2.45) is 0 Å². The lowest BCUT2D eigenvalue weighted by atomic mass is 9.83. The Morgan fingerprint density at radius 2 is 1.76 bits per heavy atom. The predicted molar refractivity (Wildman–Crippen MR) is 125 cm³/mol. The van der Waals surface area contributed by atoms with E-state index in [1.807, 2.05) is 0 Å². The van der Waals surface area contributed by atoms with Crippen LogP contribution in [0.15, 0.2) is 72.5 Å². The molecule has 1 unspecified atom stereocenters. The van der Waals surface area contributed by atoms with Gasteiger partial charge in [-0.2, -0.15) is 0 Å². The highest BCUT2D eigenvalue weighted by Crippen LogP contribution is 2.40. The summed E-state index contributed by atoms with van der Waals surface area (Å²) in [4.78, 5) is 2.53. The number of benzene rings is 2. The topological polar surface area (TPSA) is 3.24 Å². The molecule has 0 bridgehead atoms. The first-order chi connectivity index (χ1) is 14.1. The van der Waals surface area contributed by atoms with Gasteiger partial charge in [0.05, 0.1) is 0 Å². The fourth-order valence-corrected chi connectivity index (χ4v) is 4.82. The number of rotatable bonds is 6. The average Bonchev–Trinajstić information content (AvgIpc) is 2.76. The van der Waals surface area contributed by atoms with Crippen LogP contribution in [-0.4, -0.2) is 10.9 Å². The molecule has 2 aliphatic rings. The summed E-state index contributed by atoms with van der Waals surface area (Å²) in [5, 5.41) is 0. The van der Waals surface area contributed by atoms with Crippen LogP contribution >= 0.6 is 0 Å². The van der Waals surface area contributed by atoms with Gasteiger partial charge in [0.1, 0.15) is 0 Å². The Hall–Kier alpha value is -2.54. The third-order valence-electron chi connectivity index (χ3n) is 6.61. The first-order valence-corrected chi connectivity index (χ1v) is 11.2. The molecule has 0 aliphatic carbocycles. The standard InChI is InChI=1S/C28H33N/c1-5-22-18-27-25(16-24(22)14-13-21-11-9-8-10-12-21)17-26(7-3)29-19-23(6-2)20(4)15-28(27)29/h8-12,15-16,18-19,26H,4-7,13-14,17H2,1-3H3. The lowest BCUT2D eigenvalue weighted by Crippen LogP contribution is -2.37. The molecule has 2 aliphatic heterocycles. The summed E-state index contributed by atoms with van der Waals surface area (Å²) < 4.78 is 0. The summed E-state index contributed by atoms with van der Waals surface area (Å²) in [6.07, 6.45) is 11.3. The van der Waals surface area contributed by atoms with Crippen LogP contribution in [0.25, 0.3) is 5.70 Å². The molecule has 0 saturated carbocycles. The van der Waals surface area contributed by atoms with E-state index in [0.29, 0.717) is 6.04 Å². The Morgan fingerprint density at radius 1 is 0.966 bits per heavy atom. The van der Waals surface area contributed by atoms with E-state index in [1.54, 1.807) is 0 Å². The summed E-state index contributed by atoms with van der Waals surface area (Å²) in [5.41, 5.74) is 11.3. The van der Waals surface area contributed by atoms with E-state index in [4.69, 9.17) is 0 Å². The second-order valence-electron chi connectivity index (χ2n) is 8.35. The fourth-order valence-electron chi connectivity index (χ4n) is 4.82. The van der Waals surface area contributed by atoms with Gasteiger partial charge in [0.25, 0.3) is 0 Å². The zero-order valence-corrected chi connectivity index (χ0v) is 18.2. The summed E-state index contributed by atoms with van der Waals surface area (Å²) in [6, 6.07) is 16.4. The van der Waals surface area contributed by atoms with Crippen LogP contribution in [0.5, 0.6) is 0 Å². The number of nitrogens with zero attached hydrogens (tertiary/aromatic N) is 1. The fraction of sp³-hybridized carbons (Fsp3) is 0.357. The van der Waals surface area contributed by atoms with Gasteiger partial charge in [0.15, 0.2) is 0 Å². The largest absolute Gasteiger partial charge is 0.344 e. The lowest BCUT2D eigenvalue weighted by molar-refractivity contribution is 0.351. The Kier molecular flexibility index (Phi) is 5.76. The van der Waals surface area contributed by atoms with Crippen LogP contribution in [0.2, 0.25) is 0 Å². The highest BCUT2D eigenvalue weighted by Gasteiger charge is 2.30. The first kappa shape index (κ1) is 19.8. The van der Waals surface area contributed by atoms with Crippen molar-refractivity contribution in [1.82, 2.24) is 4.90 Å². The zero-order valence-electron chi connectivity index (χ0n) is 18.2. The number of hydrogen-bond acceptors (Lipinski definition) is 1. The summed E-state index contributed by atoms with van der Waals surface area (Å²) in [6.45, 7) is 11.2. The number of hydrogen-bond donors (Lipinski definition) is 0. The van der Waals surface area contributed by atoms with Crippen molar-refractivity contribution < 1.29 is 0 Å². The smallest absolute Gasteiger partial charge is 0.0491 e. The third kappa shape index (κ3) is 3.83. The first-order valence-electron chi connectivity index (χ1n) is 11.2. The van der Waals surface area contributed by atoms with Crippen molar-refractivity contribution in [2.45, 2.75) is 65.3 Å². The third-order valence-corrected chi connectivity index (χ3v) is 6.61. The summed E-state index contributed by atoms with van der Waals surface area (Å²) >= 11 is 0. The molecule has 0 radical (unpaired) electrons. The van der Waals surface area contributed by atoms with Crippen LogP contribution in [-0.2, 0) is 25.7 Å². The van der Waals surface area contributed by atoms with Crippen molar-refractivity contribution in [3.8, 4) is 0 Å². The van der Waals surface area contributed by atoms with Gasteiger partial charge in [0.2, 0.25) is 0 Å². The van der Waals surface area contributed by atoms with Gasteiger partial charge in [-0.1, -0.05) is 63.7 Å². The van der Waals surface area contributed by atoms with Crippen LogP contribution in [0.4, 0.5) is 0 Å². The predicted octanol–water partition coefficient (Wildman–Crippen LogP) is 6.88. The minimum atomic E-state index is 0.540. The molecule has 0 aromatic heterocycles. The summed E-state index contributed by atoms with van der Waals surface area (Å²) in [5.74, 6) is 0. The van der Waals surface area contributed by atoms with Crippen molar-refractivity contribution in [3.05, 3.63) is 100 Å². The SMILES string of the molecule is C=C1C=C2c3cc(CC)c(CCc4ccccc4)cc3CC(CC)N2C=C1CC. The van der Waals surface area contributed by atoms with Gasteiger partial charge in [-0.15, -0.1) is 0 Å². The zero-order chi connectivity index (χ0) is 20.4. The van der Waals surface area contributed by atoms with Crippen LogP contribution in [0, 0.1) is 0 Å². The molecule has 29 heavy (non-hydrogen) atoms. The molecule has 1 nitrogen and oxygen atoms in total. The molecule has 2 heterocycles. The highest BCUT2D eigenvalue weighted by molar-refractivity contribution is 5.76. The van der Waals surface area contributed by atoms with E-state index in [0.717, 1.165) is 38.5 Å². The van der Waals surface area contributed by atoms with E-state index >= 15 is 0 Å². The van der Waals surface area contributed by atoms with E-state index in [9.17, 15) is 0 Å². The molecule has 150 valence electrons. The molecule has 2 aromatic carbocycles. The number of allylic oxidation sites excluding steroid dienone is 3. The minimum Gasteiger partial charge on any atom is -0.344 e. The van der Waals surface area contributed by atoms with Gasteiger partial charge in [-0.05, 0) is 84.1 Å². The molecule has 1 atom stereocenters. The van der Waals surface area contributed by atoms with E-state index in [2.05, 4.69) is 87.0 Å². The van der Waals surface area contributed by atoms with Crippen LogP contribution in [0.1, 0.15) is 61.4 Å². The Labute approximate surface area is 176 Å². The van der Waals surface area contributed by atoms with E-state index < -0.39 is 0 Å². The average molecular weight is 384 g/mol. The van der Waals surface area contributed by atoms with Gasteiger partial charge in [0, 0.05) is 23.5 Å². The quantitative estimate of drug-likeness (QED) is 0.526. The number of aryl methyl sites for hydroxylation is 3. The maximum absolute atomic E-state index is 4.33. The maximum atomic E-state index is 4.33. The summed E-state index contributed by atoms with van der Waals surface area (Å²) in [7, 11) is 0. The normalized spacial score (nSPS) is 18.1. The molecule has 1 heteroatoms. The molecule has 0 fully saturated rings. The molecule has 0 spiro atoms. The van der Waals surface area contributed by atoms with Crippen molar-refractivity contribution in [3.63, 3.8) is 0 Å². The van der Waals surface area contributed by atoms with Gasteiger partial charge >= 0.3 is 0 Å². The molecule has 0 saturated heterocycles. The maximum Gasteiger partial charge on any atom is 0.0491 e. The number of fused-ring (bicyclic) bond motifs is 3. The van der Waals surface area contributed by atoms with Gasteiger partial charge in [-0.25, -0.2) is 0 Å². The molecule has 0 amide bonds. The van der Waals surface area contributed by atoms with Crippen LogP contribution < -0.4 is 0 Å². The lowest BCUT2D eigenvalue weighted by Gasteiger charge is -2.41. The molecular formula is C28H33N. The molecule has 4 rings (SSSR count). The Bertz CT molecular complexity index is 961. The monoisotopic (exact) mass is 383 g/mol. The van der Waals surface area contributed by atoms with Crippen molar-refractivity contribution in [2.75, 3.05) is 0 Å². The van der Waals surface area contributed by atoms with Crippen LogP contribution in [0.3, 0.4) is 0 Å². The molecule has 2 aromatic rings. The Balaban J connectivity index is 1.70. The highest BCUT2D eigenvalue weighted by atomic mass is 15.2. The van der Waals surface area contributed by atoms with Crippen molar-refractivity contribution >= 4 is 5.70 Å². The Morgan fingerprint density at radius 3 is 2.45 bits per heavy atom. The van der Waals surface area contributed by atoms with Gasteiger partial charge in [-0.3, -0.25) is 0 Å². The van der Waals surface area contributed by atoms with Gasteiger partial charge < -0.3 is 4.90 Å². The second-order valence-corrected chi connectivity index (χ2v) is 8.35. The molecule has 0 N–H and O–H groups in total. The second kappa shape index (κ2) is 8.45. The molecular weight excluding hydrogens is 350 g/mol. The van der Waals surface area contributed by atoms with Crippen molar-refractivity contribution in [1.29, 1.82) is 0 Å². The minimum absolute atomic E-state index is 0.540.